The zero-order valence-electron chi connectivity index (χ0n) is 14.5. The van der Waals surface area contributed by atoms with E-state index in [0.29, 0.717) is 18.7 Å². The Labute approximate surface area is 161 Å². The smallest absolute Gasteiger partial charge is 0.251 e. The van der Waals surface area contributed by atoms with Crippen molar-refractivity contribution in [2.24, 2.45) is 0 Å². The fourth-order valence-electron chi connectivity index (χ4n) is 2.25. The van der Waals surface area contributed by atoms with Crippen molar-refractivity contribution in [2.75, 3.05) is 13.2 Å². The minimum Gasteiger partial charge on any atom is -0.492 e. The predicted octanol–water partition coefficient (Wildman–Crippen LogP) is 4.55. The van der Waals surface area contributed by atoms with Gasteiger partial charge in [0.25, 0.3) is 5.91 Å². The van der Waals surface area contributed by atoms with E-state index in [2.05, 4.69) is 15.7 Å². The molecule has 1 aromatic heterocycles. The van der Waals surface area contributed by atoms with Crippen LogP contribution >= 0.6 is 23.1 Å². The molecule has 0 bridgehead atoms. The third-order valence-electron chi connectivity index (χ3n) is 3.58. The SMILES string of the molecule is Cc1csc(SCc2ccc(C(=O)NCCOc3ccccc3)cc2)n1. The number of nitrogens with zero attached hydrogens (tertiary/aromatic N) is 1. The van der Waals surface area contributed by atoms with Crippen molar-refractivity contribution in [1.82, 2.24) is 10.3 Å². The van der Waals surface area contributed by atoms with Gasteiger partial charge in [0.05, 0.1) is 6.54 Å². The number of amides is 1. The van der Waals surface area contributed by atoms with Crippen LogP contribution in [0.4, 0.5) is 0 Å². The van der Waals surface area contributed by atoms with Crippen LogP contribution in [0.5, 0.6) is 5.75 Å². The van der Waals surface area contributed by atoms with E-state index in [9.17, 15) is 4.79 Å². The summed E-state index contributed by atoms with van der Waals surface area (Å²) in [6.07, 6.45) is 0. The average Bonchev–Trinajstić information content (AvgIpc) is 3.10. The van der Waals surface area contributed by atoms with Gasteiger partial charge in [-0.05, 0) is 36.8 Å². The zero-order valence-corrected chi connectivity index (χ0v) is 16.1. The van der Waals surface area contributed by atoms with Crippen molar-refractivity contribution < 1.29 is 9.53 Å². The van der Waals surface area contributed by atoms with E-state index in [0.717, 1.165) is 21.5 Å². The molecule has 6 heteroatoms. The van der Waals surface area contributed by atoms with Crippen LogP contribution in [0, 0.1) is 6.92 Å². The maximum absolute atomic E-state index is 12.2. The van der Waals surface area contributed by atoms with E-state index in [1.807, 2.05) is 61.5 Å². The lowest BCUT2D eigenvalue weighted by atomic mass is 10.1. The normalized spacial score (nSPS) is 10.5. The van der Waals surface area contributed by atoms with Gasteiger partial charge in [-0.25, -0.2) is 4.98 Å². The first-order chi connectivity index (χ1) is 12.7. The second-order valence-electron chi connectivity index (χ2n) is 5.66. The minimum absolute atomic E-state index is 0.0867. The monoisotopic (exact) mass is 384 g/mol. The first-order valence-electron chi connectivity index (χ1n) is 8.30. The molecular formula is C20H20N2O2S2. The Morgan fingerprint density at radius 1 is 1.15 bits per heavy atom. The number of benzene rings is 2. The predicted molar refractivity (Wildman–Crippen MR) is 107 cm³/mol. The number of hydrogen-bond donors (Lipinski definition) is 1. The summed E-state index contributed by atoms with van der Waals surface area (Å²) in [7, 11) is 0. The maximum atomic E-state index is 12.2. The number of thioether (sulfide) groups is 1. The number of thiazole rings is 1. The number of ether oxygens (including phenoxy) is 1. The molecule has 0 fully saturated rings. The second kappa shape index (κ2) is 9.40. The van der Waals surface area contributed by atoms with Gasteiger partial charge in [0.15, 0.2) is 0 Å². The fraction of sp³-hybridized carbons (Fsp3) is 0.200. The summed E-state index contributed by atoms with van der Waals surface area (Å²) in [5, 5.41) is 4.92. The summed E-state index contributed by atoms with van der Waals surface area (Å²) < 4.78 is 6.64. The zero-order chi connectivity index (χ0) is 18.2. The van der Waals surface area contributed by atoms with Crippen LogP contribution in [-0.4, -0.2) is 24.0 Å². The van der Waals surface area contributed by atoms with E-state index in [1.54, 1.807) is 23.1 Å². The Balaban J connectivity index is 1.41. The highest BCUT2D eigenvalue weighted by Crippen LogP contribution is 2.26. The molecule has 0 spiro atoms. The van der Waals surface area contributed by atoms with Gasteiger partial charge in [0.1, 0.15) is 16.7 Å². The summed E-state index contributed by atoms with van der Waals surface area (Å²) >= 11 is 3.38. The van der Waals surface area contributed by atoms with Crippen molar-refractivity contribution >= 4 is 29.0 Å². The van der Waals surface area contributed by atoms with Gasteiger partial charge >= 0.3 is 0 Å². The molecule has 1 heterocycles. The van der Waals surface area contributed by atoms with Crippen LogP contribution in [0.15, 0.2) is 64.3 Å². The van der Waals surface area contributed by atoms with Crippen molar-refractivity contribution in [3.05, 3.63) is 76.8 Å². The van der Waals surface area contributed by atoms with Crippen LogP contribution in [0.3, 0.4) is 0 Å². The van der Waals surface area contributed by atoms with Crippen LogP contribution in [0.25, 0.3) is 0 Å². The molecule has 0 aliphatic heterocycles. The fourth-order valence-corrected chi connectivity index (χ4v) is 4.05. The largest absolute Gasteiger partial charge is 0.492 e. The molecule has 0 saturated heterocycles. The molecule has 0 radical (unpaired) electrons. The van der Waals surface area contributed by atoms with Crippen LogP contribution < -0.4 is 10.1 Å². The van der Waals surface area contributed by atoms with Crippen molar-refractivity contribution in [3.63, 3.8) is 0 Å². The first-order valence-corrected chi connectivity index (χ1v) is 10.2. The van der Waals surface area contributed by atoms with Gasteiger partial charge in [-0.1, -0.05) is 42.1 Å². The highest BCUT2D eigenvalue weighted by molar-refractivity contribution is 8.00. The van der Waals surface area contributed by atoms with Gasteiger partial charge in [0.2, 0.25) is 0 Å². The average molecular weight is 385 g/mol. The number of carbonyl (C=O) groups is 1. The molecule has 0 unspecified atom stereocenters. The molecule has 1 amide bonds. The second-order valence-corrected chi connectivity index (χ2v) is 7.74. The van der Waals surface area contributed by atoms with Gasteiger partial charge < -0.3 is 10.1 Å². The Bertz CT molecular complexity index is 833. The number of rotatable bonds is 8. The molecular weight excluding hydrogens is 364 g/mol. The molecule has 0 saturated carbocycles. The summed E-state index contributed by atoms with van der Waals surface area (Å²) in [6, 6.07) is 17.3. The highest BCUT2D eigenvalue weighted by atomic mass is 32.2. The van der Waals surface area contributed by atoms with Crippen LogP contribution in [-0.2, 0) is 5.75 Å². The van der Waals surface area contributed by atoms with E-state index in [-0.39, 0.29) is 5.91 Å². The van der Waals surface area contributed by atoms with Gasteiger partial charge in [-0.2, -0.15) is 0 Å². The van der Waals surface area contributed by atoms with Crippen molar-refractivity contribution in [2.45, 2.75) is 17.0 Å². The Morgan fingerprint density at radius 2 is 1.92 bits per heavy atom. The number of aromatic nitrogens is 1. The van der Waals surface area contributed by atoms with Crippen molar-refractivity contribution in [3.8, 4) is 5.75 Å². The molecule has 134 valence electrons. The molecule has 3 rings (SSSR count). The van der Waals surface area contributed by atoms with Crippen LogP contribution in [0.2, 0.25) is 0 Å². The van der Waals surface area contributed by atoms with E-state index >= 15 is 0 Å². The molecule has 4 nitrogen and oxygen atoms in total. The molecule has 2 aromatic carbocycles. The highest BCUT2D eigenvalue weighted by Gasteiger charge is 2.06. The van der Waals surface area contributed by atoms with Gasteiger partial charge in [-0.15, -0.1) is 11.3 Å². The molecule has 26 heavy (non-hydrogen) atoms. The lowest BCUT2D eigenvalue weighted by Crippen LogP contribution is -2.28. The third-order valence-corrected chi connectivity index (χ3v) is 5.79. The first kappa shape index (κ1) is 18.5. The number of nitrogens with one attached hydrogen (secondary N) is 1. The third kappa shape index (κ3) is 5.61. The lowest BCUT2D eigenvalue weighted by molar-refractivity contribution is 0.0947. The van der Waals surface area contributed by atoms with Gasteiger partial charge in [0, 0.05) is 22.4 Å². The lowest BCUT2D eigenvalue weighted by Gasteiger charge is -2.08. The maximum Gasteiger partial charge on any atom is 0.251 e. The minimum atomic E-state index is -0.0867. The molecule has 1 N–H and O–H groups in total. The van der Waals surface area contributed by atoms with Crippen LogP contribution in [0.1, 0.15) is 21.6 Å². The molecule has 0 aliphatic carbocycles. The topological polar surface area (TPSA) is 51.2 Å². The van der Waals surface area contributed by atoms with E-state index in [1.165, 1.54) is 5.56 Å². The van der Waals surface area contributed by atoms with Crippen molar-refractivity contribution in [1.29, 1.82) is 0 Å². The summed E-state index contributed by atoms with van der Waals surface area (Å²) in [5.74, 6) is 1.56. The van der Waals surface area contributed by atoms with Gasteiger partial charge in [-0.3, -0.25) is 4.79 Å². The molecule has 3 aromatic rings. The Morgan fingerprint density at radius 3 is 2.62 bits per heavy atom. The van der Waals surface area contributed by atoms with E-state index in [4.69, 9.17) is 4.74 Å². The number of aryl methyl sites for hydroxylation is 1. The molecule has 0 atom stereocenters. The Kier molecular flexibility index (Phi) is 6.68. The summed E-state index contributed by atoms with van der Waals surface area (Å²) in [6.45, 7) is 2.91. The quantitative estimate of drug-likeness (QED) is 0.457. The number of carbonyl (C=O) groups excluding carboxylic acids is 1. The standard InChI is InChI=1S/C20H20N2O2S2/c1-15-13-25-20(22-15)26-14-16-7-9-17(10-8-16)19(23)21-11-12-24-18-5-3-2-4-6-18/h2-10,13H,11-12,14H2,1H3,(H,21,23). The summed E-state index contributed by atoms with van der Waals surface area (Å²) in [5.41, 5.74) is 2.89. The number of hydrogen-bond acceptors (Lipinski definition) is 5. The Hall–Kier alpha value is -2.31. The summed E-state index contributed by atoms with van der Waals surface area (Å²) in [4.78, 5) is 16.6. The van der Waals surface area contributed by atoms with E-state index < -0.39 is 0 Å². The molecule has 0 aliphatic rings. The number of para-hydroxylation sites is 1.